The lowest BCUT2D eigenvalue weighted by Crippen LogP contribution is -2.47. The van der Waals surface area contributed by atoms with E-state index in [0.717, 1.165) is 41.7 Å². The van der Waals surface area contributed by atoms with Crippen molar-refractivity contribution in [3.8, 4) is 6.07 Å². The van der Waals surface area contributed by atoms with Crippen LogP contribution < -0.4 is 10.2 Å². The minimum atomic E-state index is -0.0139. The topological polar surface area (TPSA) is 69.0 Å². The van der Waals surface area contributed by atoms with Crippen molar-refractivity contribution in [3.63, 3.8) is 0 Å². The number of piperidine rings is 1. The van der Waals surface area contributed by atoms with Crippen LogP contribution >= 0.6 is 0 Å². The van der Waals surface area contributed by atoms with Crippen LogP contribution in [0.4, 0.5) is 5.82 Å². The van der Waals surface area contributed by atoms with Crippen molar-refractivity contribution in [1.82, 2.24) is 10.3 Å². The molecular weight excluding hydrogens is 288 g/mol. The van der Waals surface area contributed by atoms with E-state index >= 15 is 0 Å². The summed E-state index contributed by atoms with van der Waals surface area (Å²) in [6, 6.07) is 10.3. The molecule has 0 aliphatic carbocycles. The third kappa shape index (κ3) is 2.98. The maximum atomic E-state index is 11.3. The number of nitriles is 1. The minimum absolute atomic E-state index is 0.0139. The van der Waals surface area contributed by atoms with Gasteiger partial charge < -0.3 is 10.2 Å². The Kier molecular flexibility index (Phi) is 4.16. The molecule has 1 atom stereocenters. The van der Waals surface area contributed by atoms with Crippen molar-refractivity contribution in [1.29, 1.82) is 5.26 Å². The second-order valence-electron chi connectivity index (χ2n) is 6.05. The van der Waals surface area contributed by atoms with Crippen LogP contribution in [0.3, 0.4) is 0 Å². The Morgan fingerprint density at radius 2 is 2.22 bits per heavy atom. The van der Waals surface area contributed by atoms with Gasteiger partial charge in [-0.2, -0.15) is 5.26 Å². The van der Waals surface area contributed by atoms with Crippen molar-refractivity contribution >= 4 is 22.6 Å². The molecule has 1 saturated heterocycles. The lowest BCUT2D eigenvalue weighted by atomic mass is 10.0. The molecule has 1 aromatic carbocycles. The van der Waals surface area contributed by atoms with Crippen LogP contribution in [-0.4, -0.2) is 30.0 Å². The van der Waals surface area contributed by atoms with Gasteiger partial charge in [-0.25, -0.2) is 4.98 Å². The number of amides is 1. The van der Waals surface area contributed by atoms with Gasteiger partial charge in [0, 0.05) is 31.4 Å². The molecule has 1 aromatic heterocycles. The van der Waals surface area contributed by atoms with E-state index < -0.39 is 0 Å². The highest BCUT2D eigenvalue weighted by Gasteiger charge is 2.24. The maximum absolute atomic E-state index is 11.3. The number of benzene rings is 1. The SMILES string of the molecule is CC(=O)NC1CCCN(c2nc3ccccc3c(C)c2C#N)C1. The average molecular weight is 308 g/mol. The highest BCUT2D eigenvalue weighted by Crippen LogP contribution is 2.29. The largest absolute Gasteiger partial charge is 0.353 e. The van der Waals surface area contributed by atoms with Crippen LogP contribution in [0.1, 0.15) is 30.9 Å². The van der Waals surface area contributed by atoms with Gasteiger partial charge in [0.25, 0.3) is 0 Å². The first-order valence-electron chi connectivity index (χ1n) is 7.91. The first-order valence-corrected chi connectivity index (χ1v) is 7.91. The second-order valence-corrected chi connectivity index (χ2v) is 6.05. The van der Waals surface area contributed by atoms with Crippen molar-refractivity contribution in [2.45, 2.75) is 32.7 Å². The lowest BCUT2D eigenvalue weighted by molar-refractivity contribution is -0.119. The van der Waals surface area contributed by atoms with E-state index in [1.54, 1.807) is 0 Å². The fourth-order valence-electron chi connectivity index (χ4n) is 3.30. The van der Waals surface area contributed by atoms with E-state index in [9.17, 15) is 10.1 Å². The number of anilines is 1. The van der Waals surface area contributed by atoms with Crippen LogP contribution in [0.2, 0.25) is 0 Å². The van der Waals surface area contributed by atoms with Gasteiger partial charge in [0.15, 0.2) is 0 Å². The van der Waals surface area contributed by atoms with Crippen LogP contribution in [0, 0.1) is 18.3 Å². The molecule has 5 heteroatoms. The number of pyridine rings is 1. The summed E-state index contributed by atoms with van der Waals surface area (Å²) in [6.45, 7) is 5.06. The monoisotopic (exact) mass is 308 g/mol. The predicted octanol–water partition coefficient (Wildman–Crippen LogP) is 2.52. The number of carbonyl (C=O) groups is 1. The third-order valence-corrected chi connectivity index (χ3v) is 4.37. The average Bonchev–Trinajstić information content (AvgIpc) is 2.54. The summed E-state index contributed by atoms with van der Waals surface area (Å²) in [6.07, 6.45) is 1.94. The molecule has 3 rings (SSSR count). The fourth-order valence-corrected chi connectivity index (χ4v) is 3.30. The number of hydrogen-bond donors (Lipinski definition) is 1. The Balaban J connectivity index is 2.01. The van der Waals surface area contributed by atoms with Gasteiger partial charge in [0.2, 0.25) is 5.91 Å². The molecule has 1 fully saturated rings. The summed E-state index contributed by atoms with van der Waals surface area (Å²) in [5.41, 5.74) is 2.50. The van der Waals surface area contributed by atoms with Crippen molar-refractivity contribution < 1.29 is 4.79 Å². The molecular formula is C18H20N4O. The fraction of sp³-hybridized carbons (Fsp3) is 0.389. The number of para-hydroxylation sites is 1. The summed E-state index contributed by atoms with van der Waals surface area (Å²) < 4.78 is 0. The van der Waals surface area contributed by atoms with Gasteiger partial charge in [0.05, 0.1) is 11.1 Å². The van der Waals surface area contributed by atoms with E-state index in [4.69, 9.17) is 4.98 Å². The first kappa shape index (κ1) is 15.3. The number of aryl methyl sites for hydroxylation is 1. The summed E-state index contributed by atoms with van der Waals surface area (Å²) in [4.78, 5) is 18.2. The normalized spacial score (nSPS) is 17.8. The molecule has 5 nitrogen and oxygen atoms in total. The molecule has 1 N–H and O–H groups in total. The highest BCUT2D eigenvalue weighted by atomic mass is 16.1. The van der Waals surface area contributed by atoms with E-state index in [0.29, 0.717) is 12.1 Å². The number of rotatable bonds is 2. The molecule has 23 heavy (non-hydrogen) atoms. The summed E-state index contributed by atoms with van der Waals surface area (Å²) in [5.74, 6) is 0.721. The number of nitrogens with one attached hydrogen (secondary N) is 1. The van der Waals surface area contributed by atoms with Crippen LogP contribution in [0.5, 0.6) is 0 Å². The Bertz CT molecular complexity index is 793. The molecule has 0 saturated carbocycles. The number of fused-ring (bicyclic) bond motifs is 1. The standard InChI is InChI=1S/C18H20N4O/c1-12-15-7-3-4-8-17(15)21-18(16(12)10-19)22-9-5-6-14(11-22)20-13(2)23/h3-4,7-8,14H,5-6,9,11H2,1-2H3,(H,20,23). The molecule has 1 unspecified atom stereocenters. The molecule has 0 bridgehead atoms. The van der Waals surface area contributed by atoms with Gasteiger partial charge in [-0.1, -0.05) is 18.2 Å². The Morgan fingerprint density at radius 1 is 1.43 bits per heavy atom. The van der Waals surface area contributed by atoms with E-state index in [1.807, 2.05) is 31.2 Å². The summed E-state index contributed by atoms with van der Waals surface area (Å²) >= 11 is 0. The van der Waals surface area contributed by atoms with Crippen LogP contribution in [-0.2, 0) is 4.79 Å². The van der Waals surface area contributed by atoms with Gasteiger partial charge in [-0.3, -0.25) is 4.79 Å². The maximum Gasteiger partial charge on any atom is 0.217 e. The number of nitrogens with zero attached hydrogens (tertiary/aromatic N) is 3. The van der Waals surface area contributed by atoms with Gasteiger partial charge in [-0.15, -0.1) is 0 Å². The van der Waals surface area contributed by atoms with Crippen LogP contribution in [0.15, 0.2) is 24.3 Å². The molecule has 1 amide bonds. The zero-order chi connectivity index (χ0) is 16.4. The minimum Gasteiger partial charge on any atom is -0.353 e. The van der Waals surface area contributed by atoms with Crippen molar-refractivity contribution in [3.05, 3.63) is 35.4 Å². The van der Waals surface area contributed by atoms with Gasteiger partial charge in [-0.05, 0) is 31.4 Å². The molecule has 2 heterocycles. The summed E-state index contributed by atoms with van der Waals surface area (Å²) in [7, 11) is 0. The smallest absolute Gasteiger partial charge is 0.217 e. The molecule has 0 spiro atoms. The van der Waals surface area contributed by atoms with E-state index in [1.165, 1.54) is 6.92 Å². The molecule has 1 aliphatic rings. The second kappa shape index (κ2) is 6.25. The van der Waals surface area contributed by atoms with E-state index in [-0.39, 0.29) is 11.9 Å². The summed E-state index contributed by atoms with van der Waals surface area (Å²) in [5, 5.41) is 13.6. The zero-order valence-corrected chi connectivity index (χ0v) is 13.5. The predicted molar refractivity (Wildman–Crippen MR) is 90.2 cm³/mol. The van der Waals surface area contributed by atoms with Crippen molar-refractivity contribution in [2.75, 3.05) is 18.0 Å². The zero-order valence-electron chi connectivity index (χ0n) is 13.5. The number of carbonyl (C=O) groups excluding carboxylic acids is 1. The molecule has 1 aliphatic heterocycles. The van der Waals surface area contributed by atoms with Crippen molar-refractivity contribution in [2.24, 2.45) is 0 Å². The lowest BCUT2D eigenvalue weighted by Gasteiger charge is -2.34. The molecule has 2 aromatic rings. The first-order chi connectivity index (χ1) is 11.1. The number of hydrogen-bond acceptors (Lipinski definition) is 4. The number of aromatic nitrogens is 1. The highest BCUT2D eigenvalue weighted by molar-refractivity contribution is 5.87. The van der Waals surface area contributed by atoms with Gasteiger partial charge in [0.1, 0.15) is 11.9 Å². The Labute approximate surface area is 135 Å². The third-order valence-electron chi connectivity index (χ3n) is 4.37. The van der Waals surface area contributed by atoms with Crippen LogP contribution in [0.25, 0.3) is 10.9 Å². The van der Waals surface area contributed by atoms with E-state index in [2.05, 4.69) is 16.3 Å². The molecule has 118 valence electrons. The Hall–Kier alpha value is -2.61. The quantitative estimate of drug-likeness (QED) is 0.925. The Morgan fingerprint density at radius 3 is 2.96 bits per heavy atom. The van der Waals surface area contributed by atoms with Gasteiger partial charge >= 0.3 is 0 Å². The molecule has 0 radical (unpaired) electrons.